The van der Waals surface area contributed by atoms with Crippen molar-refractivity contribution in [2.24, 2.45) is 4.99 Å². The summed E-state index contributed by atoms with van der Waals surface area (Å²) in [6.45, 7) is 0. The van der Waals surface area contributed by atoms with Gasteiger partial charge >= 0.3 is 6.03 Å². The first-order chi connectivity index (χ1) is 14.8. The number of nitrogens with zero attached hydrogens (tertiary/aromatic N) is 2. The molecule has 0 aliphatic carbocycles. The number of hydrogen-bond donors (Lipinski definition) is 2. The summed E-state index contributed by atoms with van der Waals surface area (Å²) in [6.07, 6.45) is 1.48. The molecule has 0 fully saturated rings. The highest BCUT2D eigenvalue weighted by molar-refractivity contribution is 8.14. The van der Waals surface area contributed by atoms with Gasteiger partial charge < -0.3 is 5.32 Å². The van der Waals surface area contributed by atoms with Crippen LogP contribution < -0.4 is 15.5 Å². The third-order valence-electron chi connectivity index (χ3n) is 3.98. The molecule has 0 spiro atoms. The number of thioether (sulfide) groups is 1. The zero-order valence-corrected chi connectivity index (χ0v) is 18.3. The van der Waals surface area contributed by atoms with E-state index in [1.807, 2.05) is 0 Å². The Morgan fingerprint density at radius 3 is 2.61 bits per heavy atom. The van der Waals surface area contributed by atoms with E-state index < -0.39 is 23.7 Å². The Morgan fingerprint density at radius 1 is 1.19 bits per heavy atom. The maximum absolute atomic E-state index is 14.4. The van der Waals surface area contributed by atoms with Crippen LogP contribution in [0.5, 0.6) is 0 Å². The molecule has 0 aromatic heterocycles. The minimum Gasteiger partial charge on any atom is -0.341 e. The van der Waals surface area contributed by atoms with E-state index in [0.29, 0.717) is 15.6 Å². The van der Waals surface area contributed by atoms with E-state index in [2.05, 4.69) is 15.6 Å². The number of halogens is 3. The van der Waals surface area contributed by atoms with Crippen LogP contribution in [0.4, 0.5) is 14.9 Å². The molecule has 0 saturated carbocycles. The number of para-hydroxylation sites is 1. The molecule has 1 aliphatic rings. The molecule has 7 nitrogen and oxygen atoms in total. The van der Waals surface area contributed by atoms with Crippen molar-refractivity contribution >= 4 is 69.7 Å². The number of amides is 4. The summed E-state index contributed by atoms with van der Waals surface area (Å²) in [5, 5.41) is 5.12. The monoisotopic (exact) mass is 480 g/mol. The van der Waals surface area contributed by atoms with Crippen LogP contribution in [0.2, 0.25) is 10.0 Å². The number of nitrogens with one attached hydrogen (secondary N) is 2. The molecule has 1 heterocycles. The van der Waals surface area contributed by atoms with Crippen LogP contribution in [0, 0.1) is 5.82 Å². The summed E-state index contributed by atoms with van der Waals surface area (Å²) in [7, 11) is 1.37. The fourth-order valence-electron chi connectivity index (χ4n) is 2.55. The lowest BCUT2D eigenvalue weighted by atomic mass is 10.2. The molecule has 0 atom stereocenters. The zero-order chi connectivity index (χ0) is 22.5. The molecule has 160 valence electrons. The minimum absolute atomic E-state index is 0.0111. The smallest absolute Gasteiger partial charge is 0.321 e. The number of anilines is 1. The van der Waals surface area contributed by atoms with Gasteiger partial charge in [-0.05, 0) is 35.9 Å². The normalized spacial score (nSPS) is 14.6. The fraction of sp³-hybridized carbons (Fsp3) is 0.100. The Morgan fingerprint density at radius 2 is 1.94 bits per heavy atom. The minimum atomic E-state index is -0.666. The third kappa shape index (κ3) is 5.43. The molecule has 0 unspecified atom stereocenters. The highest BCUT2D eigenvalue weighted by Gasteiger charge is 2.34. The van der Waals surface area contributed by atoms with E-state index in [0.717, 1.165) is 16.7 Å². The van der Waals surface area contributed by atoms with Gasteiger partial charge in [-0.1, -0.05) is 53.2 Å². The van der Waals surface area contributed by atoms with E-state index >= 15 is 0 Å². The zero-order valence-electron chi connectivity index (χ0n) is 16.0. The van der Waals surface area contributed by atoms with Crippen LogP contribution in [-0.4, -0.2) is 35.8 Å². The first-order valence-electron chi connectivity index (χ1n) is 8.79. The quantitative estimate of drug-likeness (QED) is 0.645. The Kier molecular flexibility index (Phi) is 7.32. The summed E-state index contributed by atoms with van der Waals surface area (Å²) >= 11 is 12.8. The van der Waals surface area contributed by atoms with Crippen LogP contribution in [0.3, 0.4) is 0 Å². The van der Waals surface area contributed by atoms with Crippen molar-refractivity contribution < 1.29 is 18.8 Å². The largest absolute Gasteiger partial charge is 0.341 e. The van der Waals surface area contributed by atoms with Gasteiger partial charge in [-0.3, -0.25) is 19.8 Å². The second-order valence-electron chi connectivity index (χ2n) is 6.11. The summed E-state index contributed by atoms with van der Waals surface area (Å²) in [4.78, 5) is 41.6. The predicted molar refractivity (Wildman–Crippen MR) is 121 cm³/mol. The van der Waals surface area contributed by atoms with Gasteiger partial charge in [0.05, 0.1) is 21.5 Å². The summed E-state index contributed by atoms with van der Waals surface area (Å²) in [5.41, 5.74) is 0.581. The lowest BCUT2D eigenvalue weighted by molar-refractivity contribution is -0.117. The predicted octanol–water partition coefficient (Wildman–Crippen LogP) is 4.07. The van der Waals surface area contributed by atoms with Gasteiger partial charge in [0.2, 0.25) is 5.91 Å². The standard InChI is InChI=1S/C20H15Cl2FN4O3S/c1-24-19(30)26-17(28)10-31-20-25-15(9-11-6-7-12(21)13(22)8-11)18(29)27(20)16-5-3-2-4-14(16)23/h2-9H,10H2,1H3,(H2,24,26,28,30)/b15-9-. The van der Waals surface area contributed by atoms with Crippen LogP contribution in [-0.2, 0) is 9.59 Å². The van der Waals surface area contributed by atoms with Gasteiger partial charge in [-0.25, -0.2) is 14.2 Å². The van der Waals surface area contributed by atoms with E-state index in [4.69, 9.17) is 23.2 Å². The Hall–Kier alpha value is -2.88. The average molecular weight is 481 g/mol. The van der Waals surface area contributed by atoms with E-state index in [-0.39, 0.29) is 22.3 Å². The number of hydrogen-bond acceptors (Lipinski definition) is 5. The lowest BCUT2D eigenvalue weighted by Crippen LogP contribution is -2.39. The molecule has 1 aliphatic heterocycles. The van der Waals surface area contributed by atoms with Gasteiger partial charge in [-0.2, -0.15) is 0 Å². The fourth-order valence-corrected chi connectivity index (χ4v) is 3.67. The number of urea groups is 1. The van der Waals surface area contributed by atoms with Crippen molar-refractivity contribution in [2.75, 3.05) is 17.7 Å². The molecule has 0 bridgehead atoms. The highest BCUT2D eigenvalue weighted by Crippen LogP contribution is 2.31. The Bertz CT molecular complexity index is 1120. The molecular weight excluding hydrogens is 466 g/mol. The number of amidine groups is 1. The van der Waals surface area contributed by atoms with E-state index in [9.17, 15) is 18.8 Å². The second-order valence-corrected chi connectivity index (χ2v) is 7.86. The first-order valence-corrected chi connectivity index (χ1v) is 10.5. The maximum Gasteiger partial charge on any atom is 0.321 e. The number of aliphatic imine (C=N–C) groups is 1. The van der Waals surface area contributed by atoms with Gasteiger partial charge in [0.15, 0.2) is 5.17 Å². The van der Waals surface area contributed by atoms with Crippen molar-refractivity contribution in [1.82, 2.24) is 10.6 Å². The number of imide groups is 1. The van der Waals surface area contributed by atoms with Crippen LogP contribution in [0.15, 0.2) is 53.2 Å². The van der Waals surface area contributed by atoms with Crippen LogP contribution in [0.25, 0.3) is 6.08 Å². The number of carbonyl (C=O) groups excluding carboxylic acids is 3. The summed E-state index contributed by atoms with van der Waals surface area (Å²) in [6, 6.07) is 9.84. The van der Waals surface area contributed by atoms with E-state index in [1.165, 1.54) is 31.3 Å². The molecule has 4 amide bonds. The Balaban J connectivity index is 1.92. The molecule has 2 N–H and O–H groups in total. The summed E-state index contributed by atoms with van der Waals surface area (Å²) < 4.78 is 14.4. The van der Waals surface area contributed by atoms with Crippen molar-refractivity contribution in [3.63, 3.8) is 0 Å². The molecule has 2 aromatic rings. The SMILES string of the molecule is CNC(=O)NC(=O)CSC1=N/C(=C\c2ccc(Cl)c(Cl)c2)C(=O)N1c1ccccc1F. The topological polar surface area (TPSA) is 90.9 Å². The highest BCUT2D eigenvalue weighted by atomic mass is 35.5. The first kappa shape index (κ1) is 22.8. The second kappa shape index (κ2) is 9.95. The summed E-state index contributed by atoms with van der Waals surface area (Å²) in [5.74, 6) is -2.03. The maximum atomic E-state index is 14.4. The number of rotatable bonds is 4. The van der Waals surface area contributed by atoms with Gasteiger partial charge in [-0.15, -0.1) is 0 Å². The molecule has 0 radical (unpaired) electrons. The molecule has 31 heavy (non-hydrogen) atoms. The lowest BCUT2D eigenvalue weighted by Gasteiger charge is -2.18. The number of carbonyl (C=O) groups is 3. The van der Waals surface area contributed by atoms with E-state index in [1.54, 1.807) is 24.3 Å². The van der Waals surface area contributed by atoms with Crippen molar-refractivity contribution in [3.8, 4) is 0 Å². The molecule has 3 rings (SSSR count). The Labute approximate surface area is 191 Å². The number of benzene rings is 2. The van der Waals surface area contributed by atoms with Gasteiger partial charge in [0.25, 0.3) is 5.91 Å². The van der Waals surface area contributed by atoms with Crippen molar-refractivity contribution in [1.29, 1.82) is 0 Å². The van der Waals surface area contributed by atoms with Crippen LogP contribution >= 0.6 is 35.0 Å². The third-order valence-corrected chi connectivity index (χ3v) is 5.66. The van der Waals surface area contributed by atoms with Gasteiger partial charge in [0.1, 0.15) is 11.5 Å². The van der Waals surface area contributed by atoms with Crippen LogP contribution in [0.1, 0.15) is 5.56 Å². The van der Waals surface area contributed by atoms with Crippen molar-refractivity contribution in [3.05, 3.63) is 69.6 Å². The molecular formula is C20H15Cl2FN4O3S. The van der Waals surface area contributed by atoms with Gasteiger partial charge in [0, 0.05) is 7.05 Å². The molecule has 11 heteroatoms. The average Bonchev–Trinajstić information content (AvgIpc) is 3.04. The van der Waals surface area contributed by atoms with Crippen molar-refractivity contribution in [2.45, 2.75) is 0 Å². The molecule has 2 aromatic carbocycles. The molecule has 0 saturated heterocycles.